The Morgan fingerprint density at radius 2 is 1.74 bits per heavy atom. The minimum absolute atomic E-state index is 0.236. The molecule has 1 heterocycles. The number of benzene rings is 2. The maximum Gasteiger partial charge on any atom is 0.321 e. The van der Waals surface area contributed by atoms with Gasteiger partial charge in [0, 0.05) is 28.8 Å². The molecule has 3 rings (SSSR count). The third kappa shape index (κ3) is 5.84. The van der Waals surface area contributed by atoms with Crippen LogP contribution >= 0.6 is 23.2 Å². The van der Waals surface area contributed by atoms with Crippen LogP contribution in [0.3, 0.4) is 0 Å². The molecule has 2 aromatic rings. The van der Waals surface area contributed by atoms with E-state index in [9.17, 15) is 9.90 Å². The quantitative estimate of drug-likeness (QED) is 0.761. The number of halogens is 2. The molecule has 0 atom stereocenters. The number of nitrogens with one attached hydrogen (secondary N) is 1. The first-order chi connectivity index (χ1) is 12.9. The van der Waals surface area contributed by atoms with Gasteiger partial charge < -0.3 is 20.1 Å². The molecule has 1 aliphatic rings. The number of carbonyl (C=O) groups excluding carboxylic acids is 1. The number of likely N-dealkylation sites (tertiary alicyclic amines) is 1. The summed E-state index contributed by atoms with van der Waals surface area (Å²) in [5.41, 5.74) is 0.702. The van der Waals surface area contributed by atoms with Crippen molar-refractivity contribution in [3.8, 4) is 0 Å². The fourth-order valence-electron chi connectivity index (χ4n) is 3.03. The van der Waals surface area contributed by atoms with Crippen LogP contribution in [0.5, 0.6) is 0 Å². The highest BCUT2D eigenvalue weighted by molar-refractivity contribution is 6.35. The van der Waals surface area contributed by atoms with Crippen molar-refractivity contribution >= 4 is 34.9 Å². The summed E-state index contributed by atoms with van der Waals surface area (Å²) >= 11 is 11.9. The lowest BCUT2D eigenvalue weighted by molar-refractivity contribution is -0.0798. The Labute approximate surface area is 168 Å². The number of hydrogen-bond acceptors (Lipinski definition) is 3. The second-order valence-corrected chi connectivity index (χ2v) is 7.65. The van der Waals surface area contributed by atoms with Crippen molar-refractivity contribution in [1.82, 2.24) is 4.90 Å². The molecule has 2 amide bonds. The zero-order valence-electron chi connectivity index (χ0n) is 14.8. The Morgan fingerprint density at radius 3 is 2.37 bits per heavy atom. The van der Waals surface area contributed by atoms with Gasteiger partial charge in [0.2, 0.25) is 0 Å². The van der Waals surface area contributed by atoms with Crippen LogP contribution in [0.4, 0.5) is 10.5 Å². The van der Waals surface area contributed by atoms with Crippen molar-refractivity contribution in [2.24, 2.45) is 0 Å². The lowest BCUT2D eigenvalue weighted by Gasteiger charge is -2.37. The van der Waals surface area contributed by atoms with Crippen LogP contribution in [0.25, 0.3) is 0 Å². The van der Waals surface area contributed by atoms with Gasteiger partial charge in [0.05, 0.1) is 18.8 Å². The second-order valence-electron chi connectivity index (χ2n) is 6.78. The van der Waals surface area contributed by atoms with Crippen molar-refractivity contribution in [3.63, 3.8) is 0 Å². The van der Waals surface area contributed by atoms with Gasteiger partial charge in [-0.25, -0.2) is 4.79 Å². The molecule has 0 radical (unpaired) electrons. The van der Waals surface area contributed by atoms with E-state index in [1.807, 2.05) is 30.3 Å². The number of anilines is 1. The lowest BCUT2D eigenvalue weighted by Crippen LogP contribution is -2.50. The van der Waals surface area contributed by atoms with Gasteiger partial charge in [-0.15, -0.1) is 0 Å². The largest absolute Gasteiger partial charge is 0.387 e. The number of piperidine rings is 1. The SMILES string of the molecule is O=C(Nc1cc(Cl)cc(Cl)c1)N1CCC(O)(COCc2ccccc2)CC1. The predicted molar refractivity (Wildman–Crippen MR) is 107 cm³/mol. The topological polar surface area (TPSA) is 61.8 Å². The predicted octanol–water partition coefficient (Wildman–Crippen LogP) is 4.57. The smallest absolute Gasteiger partial charge is 0.321 e. The summed E-state index contributed by atoms with van der Waals surface area (Å²) in [6.45, 7) is 1.61. The Hall–Kier alpha value is -1.79. The maximum absolute atomic E-state index is 12.4. The fourth-order valence-corrected chi connectivity index (χ4v) is 3.56. The summed E-state index contributed by atoms with van der Waals surface area (Å²) in [6.07, 6.45) is 0.928. The van der Waals surface area contributed by atoms with Gasteiger partial charge >= 0.3 is 6.03 Å². The van der Waals surface area contributed by atoms with E-state index in [0.29, 0.717) is 48.3 Å². The zero-order chi connectivity index (χ0) is 19.3. The number of rotatable bonds is 5. The lowest BCUT2D eigenvalue weighted by atomic mass is 9.92. The average Bonchev–Trinajstić information content (AvgIpc) is 2.62. The van der Waals surface area contributed by atoms with E-state index in [4.69, 9.17) is 27.9 Å². The van der Waals surface area contributed by atoms with Crippen LogP contribution in [0.1, 0.15) is 18.4 Å². The Bertz CT molecular complexity index is 758. The molecule has 0 aliphatic carbocycles. The van der Waals surface area contributed by atoms with Crippen molar-refractivity contribution in [1.29, 1.82) is 0 Å². The van der Waals surface area contributed by atoms with Crippen molar-refractivity contribution in [2.75, 3.05) is 25.0 Å². The van der Waals surface area contributed by atoms with E-state index in [0.717, 1.165) is 5.56 Å². The Balaban J connectivity index is 1.46. The standard InChI is InChI=1S/C20H22Cl2N2O3/c21-16-10-17(22)12-18(11-16)23-19(25)24-8-6-20(26,7-9-24)14-27-13-15-4-2-1-3-5-15/h1-5,10-12,26H,6-9,13-14H2,(H,23,25). The summed E-state index contributed by atoms with van der Waals surface area (Å²) in [6, 6.07) is 14.5. The monoisotopic (exact) mass is 408 g/mol. The minimum atomic E-state index is -0.912. The molecular weight excluding hydrogens is 387 g/mol. The number of hydrogen-bond donors (Lipinski definition) is 2. The molecule has 0 aromatic heterocycles. The van der Waals surface area contributed by atoms with Gasteiger partial charge in [-0.05, 0) is 36.6 Å². The molecule has 2 aromatic carbocycles. The van der Waals surface area contributed by atoms with Crippen LogP contribution in [0.2, 0.25) is 10.0 Å². The molecule has 0 spiro atoms. The van der Waals surface area contributed by atoms with Crippen LogP contribution in [-0.4, -0.2) is 41.3 Å². The van der Waals surface area contributed by atoms with Gasteiger partial charge in [-0.2, -0.15) is 0 Å². The average molecular weight is 409 g/mol. The molecule has 144 valence electrons. The Kier molecular flexibility index (Phi) is 6.60. The molecule has 2 N–H and O–H groups in total. The number of carbonyl (C=O) groups is 1. The van der Waals surface area contributed by atoms with E-state index in [1.54, 1.807) is 23.1 Å². The first-order valence-corrected chi connectivity index (χ1v) is 9.55. The maximum atomic E-state index is 12.4. The third-order valence-electron chi connectivity index (χ3n) is 4.58. The third-order valence-corrected chi connectivity index (χ3v) is 5.01. The van der Waals surface area contributed by atoms with E-state index < -0.39 is 5.60 Å². The first-order valence-electron chi connectivity index (χ1n) is 8.80. The molecular formula is C20H22Cl2N2O3. The van der Waals surface area contributed by atoms with Crippen LogP contribution in [-0.2, 0) is 11.3 Å². The molecule has 0 bridgehead atoms. The summed E-state index contributed by atoms with van der Waals surface area (Å²) in [5, 5.41) is 14.4. The fraction of sp³-hybridized carbons (Fsp3) is 0.350. The number of aliphatic hydroxyl groups is 1. The molecule has 27 heavy (non-hydrogen) atoms. The zero-order valence-corrected chi connectivity index (χ0v) is 16.3. The molecule has 7 heteroatoms. The van der Waals surface area contributed by atoms with Gasteiger partial charge in [0.25, 0.3) is 0 Å². The highest BCUT2D eigenvalue weighted by atomic mass is 35.5. The molecule has 1 fully saturated rings. The number of urea groups is 1. The van der Waals surface area contributed by atoms with Crippen LogP contribution in [0.15, 0.2) is 48.5 Å². The first kappa shape index (κ1) is 20.0. The summed E-state index contributed by atoms with van der Waals surface area (Å²) in [5.74, 6) is 0. The molecule has 0 saturated carbocycles. The van der Waals surface area contributed by atoms with Crippen LogP contribution in [0, 0.1) is 0 Å². The Morgan fingerprint density at radius 1 is 1.11 bits per heavy atom. The molecule has 1 saturated heterocycles. The van der Waals surface area contributed by atoms with Gasteiger partial charge in [-0.3, -0.25) is 0 Å². The van der Waals surface area contributed by atoms with E-state index >= 15 is 0 Å². The minimum Gasteiger partial charge on any atom is -0.387 e. The van der Waals surface area contributed by atoms with Gasteiger partial charge in [0.15, 0.2) is 0 Å². The van der Waals surface area contributed by atoms with Gasteiger partial charge in [-0.1, -0.05) is 53.5 Å². The summed E-state index contributed by atoms with van der Waals surface area (Å²) in [7, 11) is 0. The number of ether oxygens (including phenoxy) is 1. The number of nitrogens with zero attached hydrogens (tertiary/aromatic N) is 1. The highest BCUT2D eigenvalue weighted by Crippen LogP contribution is 2.25. The van der Waals surface area contributed by atoms with E-state index in [1.165, 1.54) is 0 Å². The number of amides is 2. The highest BCUT2D eigenvalue weighted by Gasteiger charge is 2.34. The molecule has 0 unspecified atom stereocenters. The van der Waals surface area contributed by atoms with Gasteiger partial charge in [0.1, 0.15) is 0 Å². The van der Waals surface area contributed by atoms with Crippen LogP contribution < -0.4 is 5.32 Å². The second kappa shape index (κ2) is 8.93. The summed E-state index contributed by atoms with van der Waals surface area (Å²) in [4.78, 5) is 14.1. The van der Waals surface area contributed by atoms with Crippen molar-refractivity contribution < 1.29 is 14.6 Å². The van der Waals surface area contributed by atoms with Crippen molar-refractivity contribution in [3.05, 3.63) is 64.1 Å². The summed E-state index contributed by atoms with van der Waals surface area (Å²) < 4.78 is 5.68. The molecule has 5 nitrogen and oxygen atoms in total. The van der Waals surface area contributed by atoms with E-state index in [2.05, 4.69) is 5.32 Å². The molecule has 1 aliphatic heterocycles. The normalized spacial score (nSPS) is 16.2. The van der Waals surface area contributed by atoms with Crippen molar-refractivity contribution in [2.45, 2.75) is 25.0 Å². The van der Waals surface area contributed by atoms with E-state index in [-0.39, 0.29) is 12.6 Å².